The van der Waals surface area contributed by atoms with E-state index >= 15 is 0 Å². The molecule has 2 unspecified atom stereocenters. The third-order valence-electron chi connectivity index (χ3n) is 4.13. The van der Waals surface area contributed by atoms with Gasteiger partial charge in [0.05, 0.1) is 11.6 Å². The van der Waals surface area contributed by atoms with E-state index in [1.165, 1.54) is 12.8 Å². The van der Waals surface area contributed by atoms with Crippen LogP contribution in [0.15, 0.2) is 0 Å². The van der Waals surface area contributed by atoms with Gasteiger partial charge in [-0.25, -0.2) is 0 Å². The summed E-state index contributed by atoms with van der Waals surface area (Å²) in [7, 11) is 0. The Bertz CT molecular complexity index is 240. The summed E-state index contributed by atoms with van der Waals surface area (Å²) >= 11 is 0. The van der Waals surface area contributed by atoms with E-state index < -0.39 is 0 Å². The molecule has 1 aliphatic carbocycles. The van der Waals surface area contributed by atoms with Gasteiger partial charge in [0.1, 0.15) is 0 Å². The summed E-state index contributed by atoms with van der Waals surface area (Å²) in [5, 5.41) is 0. The van der Waals surface area contributed by atoms with Crippen LogP contribution >= 0.6 is 0 Å². The van der Waals surface area contributed by atoms with Crippen LogP contribution in [0.3, 0.4) is 0 Å². The van der Waals surface area contributed by atoms with Crippen molar-refractivity contribution in [1.29, 1.82) is 0 Å². The van der Waals surface area contributed by atoms with Gasteiger partial charge in [0.25, 0.3) is 0 Å². The molecule has 2 fully saturated rings. The van der Waals surface area contributed by atoms with Crippen LogP contribution in [0.25, 0.3) is 0 Å². The number of hydrogen-bond donors (Lipinski definition) is 1. The van der Waals surface area contributed by atoms with E-state index in [1.807, 2.05) is 0 Å². The molecule has 1 heterocycles. The van der Waals surface area contributed by atoms with Gasteiger partial charge in [0.2, 0.25) is 0 Å². The van der Waals surface area contributed by atoms with E-state index in [1.54, 1.807) is 0 Å². The van der Waals surface area contributed by atoms with Gasteiger partial charge in [0, 0.05) is 25.7 Å². The molecule has 2 aliphatic rings. The van der Waals surface area contributed by atoms with Gasteiger partial charge in [-0.1, -0.05) is 13.8 Å². The smallest absolute Gasteiger partial charge is 0.0743 e. The van der Waals surface area contributed by atoms with E-state index in [0.717, 1.165) is 32.2 Å². The molecule has 0 amide bonds. The first-order valence-corrected chi connectivity index (χ1v) is 6.68. The van der Waals surface area contributed by atoms with Gasteiger partial charge < -0.3 is 10.5 Å². The van der Waals surface area contributed by atoms with Crippen molar-refractivity contribution in [2.24, 2.45) is 11.7 Å². The second kappa shape index (κ2) is 4.63. The SMILES string of the molecule is CC(C)CN(C1CC1)C1(CN)CCOC1C. The predicted octanol–water partition coefficient (Wildman–Crippen LogP) is 1.61. The van der Waals surface area contributed by atoms with Gasteiger partial charge >= 0.3 is 0 Å². The van der Waals surface area contributed by atoms with Crippen molar-refractivity contribution in [2.45, 2.75) is 57.7 Å². The molecule has 1 aliphatic heterocycles. The summed E-state index contributed by atoms with van der Waals surface area (Å²) in [6, 6.07) is 0.773. The van der Waals surface area contributed by atoms with E-state index in [9.17, 15) is 0 Å². The molecule has 3 heteroatoms. The molecule has 0 aromatic heterocycles. The summed E-state index contributed by atoms with van der Waals surface area (Å²) in [6.07, 6.45) is 4.09. The van der Waals surface area contributed by atoms with E-state index in [2.05, 4.69) is 25.7 Å². The molecule has 0 aromatic rings. The fourth-order valence-electron chi connectivity index (χ4n) is 3.01. The van der Waals surface area contributed by atoms with Crippen LogP contribution in [0.1, 0.15) is 40.0 Å². The zero-order valence-electron chi connectivity index (χ0n) is 10.9. The maximum atomic E-state index is 6.08. The minimum atomic E-state index is 0.117. The molecule has 2 atom stereocenters. The lowest BCUT2D eigenvalue weighted by Crippen LogP contribution is -2.59. The summed E-state index contributed by atoms with van der Waals surface area (Å²) in [4.78, 5) is 2.66. The number of nitrogens with two attached hydrogens (primary N) is 1. The fourth-order valence-corrected chi connectivity index (χ4v) is 3.01. The summed E-state index contributed by atoms with van der Waals surface area (Å²) < 4.78 is 5.78. The molecule has 2 rings (SSSR count). The summed E-state index contributed by atoms with van der Waals surface area (Å²) in [5.74, 6) is 0.705. The lowest BCUT2D eigenvalue weighted by Gasteiger charge is -2.44. The maximum Gasteiger partial charge on any atom is 0.0743 e. The molecule has 0 bridgehead atoms. The van der Waals surface area contributed by atoms with Crippen molar-refractivity contribution in [1.82, 2.24) is 4.90 Å². The maximum absolute atomic E-state index is 6.08. The van der Waals surface area contributed by atoms with Gasteiger partial charge in [-0.05, 0) is 32.1 Å². The van der Waals surface area contributed by atoms with Crippen molar-refractivity contribution in [3.63, 3.8) is 0 Å². The molecule has 3 nitrogen and oxygen atoms in total. The zero-order chi connectivity index (χ0) is 11.8. The first kappa shape index (κ1) is 12.3. The fraction of sp³-hybridized carbons (Fsp3) is 1.00. The third-order valence-corrected chi connectivity index (χ3v) is 4.13. The Balaban J connectivity index is 2.15. The quantitative estimate of drug-likeness (QED) is 0.774. The molecule has 1 saturated heterocycles. The molecule has 0 aromatic carbocycles. The van der Waals surface area contributed by atoms with Gasteiger partial charge in [-0.3, -0.25) is 4.90 Å². The lowest BCUT2D eigenvalue weighted by molar-refractivity contribution is 0.00320. The molecule has 1 saturated carbocycles. The topological polar surface area (TPSA) is 38.5 Å². The monoisotopic (exact) mass is 226 g/mol. The van der Waals surface area contributed by atoms with E-state index in [4.69, 9.17) is 10.5 Å². The van der Waals surface area contributed by atoms with Crippen LogP contribution in [0.4, 0.5) is 0 Å². The number of ether oxygens (including phenoxy) is 1. The summed E-state index contributed by atoms with van der Waals surface area (Å²) in [6.45, 7) is 9.54. The Kier molecular flexibility index (Phi) is 3.57. The highest BCUT2D eigenvalue weighted by Gasteiger charge is 2.49. The average Bonchev–Trinajstić information content (AvgIpc) is 3.00. The van der Waals surface area contributed by atoms with Gasteiger partial charge in [-0.15, -0.1) is 0 Å². The van der Waals surface area contributed by atoms with Gasteiger partial charge in [0.15, 0.2) is 0 Å². The second-order valence-corrected chi connectivity index (χ2v) is 5.85. The predicted molar refractivity (Wildman–Crippen MR) is 66.4 cm³/mol. The number of hydrogen-bond acceptors (Lipinski definition) is 3. The lowest BCUT2D eigenvalue weighted by atomic mass is 9.88. The average molecular weight is 226 g/mol. The Hall–Kier alpha value is -0.120. The molecular weight excluding hydrogens is 200 g/mol. The Labute approximate surface area is 99.3 Å². The van der Waals surface area contributed by atoms with Crippen molar-refractivity contribution < 1.29 is 4.74 Å². The first-order chi connectivity index (χ1) is 7.60. The van der Waals surface area contributed by atoms with Crippen LogP contribution in [0.5, 0.6) is 0 Å². The molecule has 0 spiro atoms. The minimum absolute atomic E-state index is 0.117. The van der Waals surface area contributed by atoms with Gasteiger partial charge in [-0.2, -0.15) is 0 Å². The van der Waals surface area contributed by atoms with Crippen LogP contribution in [0, 0.1) is 5.92 Å². The van der Waals surface area contributed by atoms with E-state index in [0.29, 0.717) is 5.92 Å². The molecular formula is C13H26N2O. The Morgan fingerprint density at radius 3 is 2.50 bits per heavy atom. The largest absolute Gasteiger partial charge is 0.376 e. The van der Waals surface area contributed by atoms with Crippen molar-refractivity contribution in [3.05, 3.63) is 0 Å². The molecule has 0 radical (unpaired) electrons. The third kappa shape index (κ3) is 2.13. The number of nitrogens with zero attached hydrogens (tertiary/aromatic N) is 1. The zero-order valence-corrected chi connectivity index (χ0v) is 10.9. The van der Waals surface area contributed by atoms with E-state index in [-0.39, 0.29) is 11.6 Å². The Morgan fingerprint density at radius 1 is 1.44 bits per heavy atom. The van der Waals surface area contributed by atoms with Crippen molar-refractivity contribution >= 4 is 0 Å². The number of rotatable bonds is 5. The molecule has 16 heavy (non-hydrogen) atoms. The van der Waals surface area contributed by atoms with Crippen LogP contribution < -0.4 is 5.73 Å². The highest BCUT2D eigenvalue weighted by Crippen LogP contribution is 2.40. The summed E-state index contributed by atoms with van der Waals surface area (Å²) in [5.41, 5.74) is 6.20. The Morgan fingerprint density at radius 2 is 2.12 bits per heavy atom. The van der Waals surface area contributed by atoms with Crippen LogP contribution in [-0.4, -0.2) is 42.3 Å². The molecule has 94 valence electrons. The minimum Gasteiger partial charge on any atom is -0.376 e. The van der Waals surface area contributed by atoms with Crippen molar-refractivity contribution in [3.8, 4) is 0 Å². The molecule has 2 N–H and O–H groups in total. The van der Waals surface area contributed by atoms with Crippen molar-refractivity contribution in [2.75, 3.05) is 19.7 Å². The highest BCUT2D eigenvalue weighted by atomic mass is 16.5. The highest BCUT2D eigenvalue weighted by molar-refractivity contribution is 5.05. The normalized spacial score (nSPS) is 35.2. The second-order valence-electron chi connectivity index (χ2n) is 5.85. The van der Waals surface area contributed by atoms with Crippen LogP contribution in [-0.2, 0) is 4.74 Å². The first-order valence-electron chi connectivity index (χ1n) is 6.68. The standard InChI is InChI=1S/C13H26N2O/c1-10(2)8-15(12-4-5-12)13(9-14)6-7-16-11(13)3/h10-12H,4-9,14H2,1-3H3. The van der Waals surface area contributed by atoms with Crippen LogP contribution in [0.2, 0.25) is 0 Å².